The monoisotopic (exact) mass is 1040 g/mol. The zero-order valence-corrected chi connectivity index (χ0v) is 50.3. The molecule has 364 valence electrons. The van der Waals surface area contributed by atoms with Gasteiger partial charge in [-0.15, -0.1) is 6.57 Å². The molecule has 59 heavy (non-hydrogen) atoms. The van der Waals surface area contributed by atoms with Gasteiger partial charge in [-0.3, -0.25) is 21.3 Å². The van der Waals surface area contributed by atoms with Gasteiger partial charge in [0, 0.05) is 6.61 Å². The summed E-state index contributed by atoms with van der Waals surface area (Å²) in [6.07, 6.45) is 5.63. The Bertz CT molecular complexity index is 1190. The van der Waals surface area contributed by atoms with Crippen molar-refractivity contribution in [3.63, 3.8) is 0 Å². The summed E-state index contributed by atoms with van der Waals surface area (Å²) in [5.41, 5.74) is 0. The van der Waals surface area contributed by atoms with Crippen LogP contribution in [0, 0.1) is 0 Å². The molecule has 0 unspecified atom stereocenters. The van der Waals surface area contributed by atoms with Crippen LogP contribution in [0.4, 0.5) is 0 Å². The molecule has 26 heteroatoms. The van der Waals surface area contributed by atoms with Gasteiger partial charge in [-0.2, -0.15) is 16.8 Å². The van der Waals surface area contributed by atoms with E-state index in [9.17, 15) is 21.4 Å². The van der Waals surface area contributed by atoms with E-state index in [4.69, 9.17) is 35.7 Å². The van der Waals surface area contributed by atoms with Crippen molar-refractivity contribution in [3.8, 4) is 0 Å². The van der Waals surface area contributed by atoms with E-state index >= 15 is 0 Å². The van der Waals surface area contributed by atoms with Gasteiger partial charge >= 0.3 is 37.7 Å². The van der Waals surface area contributed by atoms with Crippen molar-refractivity contribution in [1.29, 1.82) is 0 Å². The molecular formula is C33H90O16P2S2Si6. The van der Waals surface area contributed by atoms with Crippen molar-refractivity contribution in [2.24, 2.45) is 0 Å². The summed E-state index contributed by atoms with van der Waals surface area (Å²) in [4.78, 5) is 24.1. The molecule has 0 saturated carbocycles. The highest BCUT2D eigenvalue weighted by atomic mass is 32.3. The average molecular weight is 1040 g/mol. The molecule has 0 rings (SSSR count). The van der Waals surface area contributed by atoms with Crippen molar-refractivity contribution in [3.05, 3.63) is 0 Å². The van der Waals surface area contributed by atoms with Crippen molar-refractivity contribution >= 4 is 84.1 Å². The summed E-state index contributed by atoms with van der Waals surface area (Å²) >= 11 is 0. The predicted octanol–water partition coefficient (Wildman–Crippen LogP) is 10.2. The lowest BCUT2D eigenvalue weighted by Gasteiger charge is -2.47. The summed E-state index contributed by atoms with van der Waals surface area (Å²) in [5.74, 6) is 0. The lowest BCUT2D eigenvalue weighted by atomic mass is 10.4. The van der Waals surface area contributed by atoms with Crippen LogP contribution in [0.2, 0.25) is 98.2 Å². The van der Waals surface area contributed by atoms with Gasteiger partial charge in [0.15, 0.2) is 0 Å². The Hall–Kier alpha value is 1.42. The molecule has 0 radical (unpaired) electrons. The lowest BCUT2D eigenvalue weighted by molar-refractivity contribution is 0.0686. The molecule has 0 amide bonds. The van der Waals surface area contributed by atoms with E-state index < -0.39 is 77.5 Å². The Morgan fingerprint density at radius 1 is 0.475 bits per heavy atom. The molecule has 0 saturated heterocycles. The molecule has 0 aromatic heterocycles. The second-order valence-corrected chi connectivity index (χ2v) is 66.7. The molecule has 0 aromatic rings. The molecule has 0 atom stereocenters. The zero-order valence-electron chi connectivity index (χ0n) is 40.8. The summed E-state index contributed by atoms with van der Waals surface area (Å²) in [5, 5.41) is 0. The van der Waals surface area contributed by atoms with Gasteiger partial charge in [-0.25, -0.2) is 12.9 Å². The fourth-order valence-electron chi connectivity index (χ4n) is 5.24. The van der Waals surface area contributed by atoms with Crippen LogP contribution in [0.15, 0.2) is 0 Å². The molecular weight excluding hydrogens is 947 g/mol. The summed E-state index contributed by atoms with van der Waals surface area (Å²) in [7, 11) is -21.7. The van der Waals surface area contributed by atoms with Crippen LogP contribution < -0.4 is 0 Å². The Labute approximate surface area is 369 Å². The number of phosphoric ester groups is 1. The van der Waals surface area contributed by atoms with Crippen LogP contribution in [0.3, 0.4) is 0 Å². The quantitative estimate of drug-likeness (QED) is 0.0440. The molecule has 0 bridgehead atoms. The molecule has 0 aliphatic rings. The Morgan fingerprint density at radius 3 is 0.881 bits per heavy atom. The van der Waals surface area contributed by atoms with Gasteiger partial charge < -0.3 is 18.8 Å². The number of hydrogen-bond acceptors (Lipinski definition) is 16. The first kappa shape index (κ1) is 69.5. The minimum absolute atomic E-state index is 0.113. The highest BCUT2D eigenvalue weighted by Crippen LogP contribution is 2.61. The number of unbranched alkanes of at least 4 members (excludes halogenated alkanes) is 3. The van der Waals surface area contributed by atoms with Crippen molar-refractivity contribution in [2.75, 3.05) is 39.6 Å². The predicted molar refractivity (Wildman–Crippen MR) is 261 cm³/mol. The third-order valence-electron chi connectivity index (χ3n) is 5.82. The smallest absolute Gasteiger partial charge is 0.368 e. The number of rotatable bonds is 25. The first-order valence-corrected chi connectivity index (χ1v) is 47.6. The average Bonchev–Trinajstić information content (AvgIpc) is 2.93. The third kappa shape index (κ3) is 51.9. The van der Waals surface area contributed by atoms with Gasteiger partial charge in [0.2, 0.25) is 16.6 Å². The topological polar surface area (TPSA) is 220 Å². The van der Waals surface area contributed by atoms with Crippen LogP contribution in [0.25, 0.3) is 0 Å². The molecule has 0 aromatic carbocycles. The molecule has 0 heterocycles. The van der Waals surface area contributed by atoms with E-state index in [1.54, 1.807) is 60.1 Å². The van der Waals surface area contributed by atoms with Gasteiger partial charge in [0.25, 0.3) is 0 Å². The maximum absolute atomic E-state index is 12.2. The van der Waals surface area contributed by atoms with Crippen molar-refractivity contribution in [1.82, 2.24) is 0 Å². The van der Waals surface area contributed by atoms with Crippen LogP contribution in [-0.2, 0) is 59.5 Å². The molecule has 0 aliphatic heterocycles. The van der Waals surface area contributed by atoms with E-state index in [0.29, 0.717) is 26.4 Å². The summed E-state index contributed by atoms with van der Waals surface area (Å²) < 4.78 is 93.7. The van der Waals surface area contributed by atoms with Gasteiger partial charge in [-0.05, 0) is 79.3 Å². The lowest BCUT2D eigenvalue weighted by Crippen LogP contribution is -2.43. The zero-order chi connectivity index (χ0) is 48.2. The van der Waals surface area contributed by atoms with Crippen molar-refractivity contribution in [2.45, 2.75) is 178 Å². The Kier molecular flexibility index (Phi) is 38.8. The molecule has 0 fully saturated rings. The molecule has 3 N–H and O–H groups in total. The van der Waals surface area contributed by atoms with Crippen LogP contribution in [-0.4, -0.2) is 120 Å². The van der Waals surface area contributed by atoms with Crippen molar-refractivity contribution < 1.29 is 69.9 Å². The normalized spacial score (nSPS) is 13.2. The molecule has 0 aliphatic carbocycles. The second-order valence-electron chi connectivity index (χ2n) is 17.9. The van der Waals surface area contributed by atoms with Gasteiger partial charge in [-0.1, -0.05) is 99.0 Å². The second kappa shape index (κ2) is 33.0. The third-order valence-corrected chi connectivity index (χ3v) is 67.0. The SMILES string of the molecule is CCCCOP(=O)(OCCCC)OCCCC.CCOS(=O)(=O)OCC.CCO[Si](O)(O)O.C[Si](C)(C)OS(=O)(=O)O[Si](C)(C)C.C[Si](C)(C)P([Si](C)(C)C)[Si](C)(C)C. The van der Waals surface area contributed by atoms with E-state index in [1.807, 2.05) is 0 Å². The highest BCUT2D eigenvalue weighted by molar-refractivity contribution is 8.37. The standard InChI is InChI=1S/C12H27O4P.C9H27PSi3.C6H18O4SSi2.C4H10O4S.C2H8O4Si/c1-4-7-10-14-17(13,15-11-8-5-2)16-12-9-6-3;1-11(2,3)10(12(4,5)6)13(7,8)9;1-12(2,3)9-11(7,8)10-13(4,5)6;1-3-7-9(5,6)8-4-2;1-2-6-7(3,4)5/h4-12H2,1-3H3;1-9H3;1-6H3;3-4H2,1-2H3;3-5H,2H2,1H3. The largest absolute Gasteiger partial charge is 0.671 e. The number of phosphoric acid groups is 1. The first-order chi connectivity index (χ1) is 26.1. The maximum atomic E-state index is 12.2. The van der Waals surface area contributed by atoms with Gasteiger partial charge in [0.05, 0.1) is 56.3 Å². The molecule has 16 nitrogen and oxygen atoms in total. The van der Waals surface area contributed by atoms with Crippen LogP contribution >= 0.6 is 14.4 Å². The van der Waals surface area contributed by atoms with Crippen LogP contribution in [0.1, 0.15) is 80.1 Å². The first-order valence-electron chi connectivity index (χ1n) is 20.5. The fourth-order valence-corrected chi connectivity index (χ4v) is 91.4. The van der Waals surface area contributed by atoms with E-state index in [2.05, 4.69) is 92.5 Å². The van der Waals surface area contributed by atoms with Crippen LogP contribution in [0.5, 0.6) is 0 Å². The fraction of sp³-hybridized carbons (Fsp3) is 1.00. The maximum Gasteiger partial charge on any atom is 0.671 e. The van der Waals surface area contributed by atoms with E-state index in [0.717, 1.165) is 38.5 Å². The Balaban J connectivity index is -0.000000212. The Morgan fingerprint density at radius 2 is 0.746 bits per heavy atom. The number of hydrogen-bond donors (Lipinski definition) is 3. The van der Waals surface area contributed by atoms with Gasteiger partial charge in [0.1, 0.15) is 0 Å². The summed E-state index contributed by atoms with van der Waals surface area (Å²) in [6.45, 7) is 47.1. The minimum Gasteiger partial charge on any atom is -0.368 e. The van der Waals surface area contributed by atoms with E-state index in [1.165, 1.54) is 0 Å². The van der Waals surface area contributed by atoms with E-state index in [-0.39, 0.29) is 19.8 Å². The molecule has 0 spiro atoms. The highest BCUT2D eigenvalue weighted by Gasteiger charge is 2.44. The minimum atomic E-state index is -4.16. The summed E-state index contributed by atoms with van der Waals surface area (Å²) in [6, 6.07) is 0.